The zero-order valence-corrected chi connectivity index (χ0v) is 13.2. The van der Waals surface area contributed by atoms with Gasteiger partial charge in [-0.25, -0.2) is 0 Å². The van der Waals surface area contributed by atoms with Gasteiger partial charge in [-0.1, -0.05) is 6.07 Å². The van der Waals surface area contributed by atoms with E-state index in [0.717, 1.165) is 18.5 Å². The molecule has 1 aromatic carbocycles. The third kappa shape index (κ3) is 3.64. The quantitative estimate of drug-likeness (QED) is 0.874. The van der Waals surface area contributed by atoms with Crippen molar-refractivity contribution >= 4 is 24.0 Å². The number of benzene rings is 1. The predicted octanol–water partition coefficient (Wildman–Crippen LogP) is 2.03. The monoisotopic (exact) mass is 297 g/mol. The first-order valence-electron chi connectivity index (χ1n) is 6.76. The summed E-state index contributed by atoms with van der Waals surface area (Å²) in [7, 11) is 3.93. The number of hydrogen-bond donors (Lipinski definition) is 2. The first kappa shape index (κ1) is 16.8. The minimum absolute atomic E-state index is 0. The van der Waals surface area contributed by atoms with Crippen molar-refractivity contribution in [1.29, 1.82) is 0 Å². The number of rotatable bonds is 5. The molecule has 1 aliphatic rings. The number of carbonyl (C=O) groups is 1. The molecule has 0 saturated heterocycles. The molecule has 2 rings (SSSR count). The van der Waals surface area contributed by atoms with Gasteiger partial charge in [-0.15, -0.1) is 12.4 Å². The number of anilines is 1. The van der Waals surface area contributed by atoms with Crippen LogP contribution in [-0.2, 0) is 0 Å². The van der Waals surface area contributed by atoms with Gasteiger partial charge in [0.25, 0.3) is 5.91 Å². The van der Waals surface area contributed by atoms with Gasteiger partial charge in [-0.3, -0.25) is 4.79 Å². The first-order chi connectivity index (χ1) is 8.96. The Morgan fingerprint density at radius 3 is 2.60 bits per heavy atom. The van der Waals surface area contributed by atoms with Crippen LogP contribution >= 0.6 is 12.4 Å². The molecule has 1 aromatic rings. The van der Waals surface area contributed by atoms with E-state index in [1.54, 1.807) is 0 Å². The number of nitrogens with zero attached hydrogens (tertiary/aromatic N) is 1. The Morgan fingerprint density at radius 1 is 1.45 bits per heavy atom. The molecule has 0 radical (unpaired) electrons. The lowest BCUT2D eigenvalue weighted by Crippen LogP contribution is -2.53. The van der Waals surface area contributed by atoms with Gasteiger partial charge in [-0.05, 0) is 43.9 Å². The van der Waals surface area contributed by atoms with Crippen molar-refractivity contribution in [3.05, 3.63) is 29.8 Å². The molecule has 0 bridgehead atoms. The Bertz CT molecular complexity index is 474. The molecule has 1 fully saturated rings. The maximum absolute atomic E-state index is 12.3. The second kappa shape index (κ2) is 6.46. The normalized spacial score (nSPS) is 16.8. The summed E-state index contributed by atoms with van der Waals surface area (Å²) in [5.41, 5.74) is 7.27. The molecule has 0 heterocycles. The number of halogens is 1. The maximum Gasteiger partial charge on any atom is 0.251 e. The topological polar surface area (TPSA) is 58.4 Å². The Labute approximate surface area is 127 Å². The highest BCUT2D eigenvalue weighted by molar-refractivity contribution is 5.95. The Kier molecular flexibility index (Phi) is 5.42. The smallest absolute Gasteiger partial charge is 0.251 e. The SMILES string of the molecule is CN(C)c1cccc(C(=O)NC(C)(CN)C2CC2)c1.Cl. The van der Waals surface area contributed by atoms with Gasteiger partial charge in [0.15, 0.2) is 0 Å². The van der Waals surface area contributed by atoms with E-state index in [2.05, 4.69) is 5.32 Å². The van der Waals surface area contributed by atoms with Crippen molar-refractivity contribution in [3.63, 3.8) is 0 Å². The first-order valence-corrected chi connectivity index (χ1v) is 6.76. The van der Waals surface area contributed by atoms with Crippen molar-refractivity contribution in [2.75, 3.05) is 25.5 Å². The molecule has 1 saturated carbocycles. The molecule has 5 heteroatoms. The van der Waals surface area contributed by atoms with E-state index in [4.69, 9.17) is 5.73 Å². The third-order valence-electron chi connectivity index (χ3n) is 3.93. The van der Waals surface area contributed by atoms with E-state index in [-0.39, 0.29) is 23.9 Å². The van der Waals surface area contributed by atoms with E-state index in [1.807, 2.05) is 50.2 Å². The van der Waals surface area contributed by atoms with Gasteiger partial charge >= 0.3 is 0 Å². The molecule has 1 amide bonds. The highest BCUT2D eigenvalue weighted by Crippen LogP contribution is 2.39. The van der Waals surface area contributed by atoms with E-state index in [0.29, 0.717) is 18.0 Å². The van der Waals surface area contributed by atoms with Crippen LogP contribution in [0.4, 0.5) is 5.69 Å². The summed E-state index contributed by atoms with van der Waals surface area (Å²) in [5.74, 6) is 0.488. The van der Waals surface area contributed by atoms with E-state index >= 15 is 0 Å². The van der Waals surface area contributed by atoms with Crippen LogP contribution in [0.1, 0.15) is 30.1 Å². The zero-order valence-electron chi connectivity index (χ0n) is 12.3. The van der Waals surface area contributed by atoms with Crippen LogP contribution in [0.2, 0.25) is 0 Å². The number of amides is 1. The van der Waals surface area contributed by atoms with E-state index in [9.17, 15) is 4.79 Å². The van der Waals surface area contributed by atoms with Crippen molar-refractivity contribution in [2.24, 2.45) is 11.7 Å². The Morgan fingerprint density at radius 2 is 2.10 bits per heavy atom. The van der Waals surface area contributed by atoms with Crippen LogP contribution in [-0.4, -0.2) is 32.1 Å². The second-order valence-electron chi connectivity index (χ2n) is 5.79. The van der Waals surface area contributed by atoms with Crippen LogP contribution < -0.4 is 16.0 Å². The molecule has 1 atom stereocenters. The Hall–Kier alpha value is -1.26. The summed E-state index contributed by atoms with van der Waals surface area (Å²) in [6.07, 6.45) is 2.32. The lowest BCUT2D eigenvalue weighted by molar-refractivity contribution is 0.0898. The Balaban J connectivity index is 0.00000200. The van der Waals surface area contributed by atoms with Crippen molar-refractivity contribution in [3.8, 4) is 0 Å². The molecule has 0 aromatic heterocycles. The van der Waals surface area contributed by atoms with Crippen LogP contribution in [0.5, 0.6) is 0 Å². The van der Waals surface area contributed by atoms with E-state index in [1.165, 1.54) is 0 Å². The number of nitrogens with two attached hydrogens (primary N) is 1. The molecule has 1 unspecified atom stereocenters. The van der Waals surface area contributed by atoms with Gasteiger partial charge in [0.2, 0.25) is 0 Å². The highest BCUT2D eigenvalue weighted by Gasteiger charge is 2.41. The minimum atomic E-state index is -0.273. The summed E-state index contributed by atoms with van der Waals surface area (Å²) in [5, 5.41) is 3.10. The zero-order chi connectivity index (χ0) is 14.0. The summed E-state index contributed by atoms with van der Waals surface area (Å²) >= 11 is 0. The van der Waals surface area contributed by atoms with Crippen molar-refractivity contribution in [1.82, 2.24) is 5.32 Å². The molecular weight excluding hydrogens is 274 g/mol. The summed E-state index contributed by atoms with van der Waals surface area (Å²) in [6.45, 7) is 2.52. The average Bonchev–Trinajstić information content (AvgIpc) is 3.23. The van der Waals surface area contributed by atoms with Crippen LogP contribution in [0.3, 0.4) is 0 Å². The molecular formula is C15H24ClN3O. The molecule has 20 heavy (non-hydrogen) atoms. The van der Waals surface area contributed by atoms with Crippen LogP contribution in [0.15, 0.2) is 24.3 Å². The van der Waals surface area contributed by atoms with Crippen LogP contribution in [0, 0.1) is 5.92 Å². The second-order valence-corrected chi connectivity index (χ2v) is 5.79. The standard InChI is InChI=1S/C15H23N3O.ClH/c1-15(10-16,12-7-8-12)17-14(19)11-5-4-6-13(9-11)18(2)3;/h4-6,9,12H,7-8,10,16H2,1-3H3,(H,17,19);1H. The predicted molar refractivity (Wildman–Crippen MR) is 85.7 cm³/mol. The van der Waals surface area contributed by atoms with E-state index < -0.39 is 0 Å². The number of hydrogen-bond acceptors (Lipinski definition) is 3. The van der Waals surface area contributed by atoms with Crippen molar-refractivity contribution < 1.29 is 4.79 Å². The van der Waals surface area contributed by atoms with Gasteiger partial charge < -0.3 is 16.0 Å². The highest BCUT2D eigenvalue weighted by atomic mass is 35.5. The fourth-order valence-corrected chi connectivity index (χ4v) is 2.30. The minimum Gasteiger partial charge on any atom is -0.378 e. The summed E-state index contributed by atoms with van der Waals surface area (Å²) in [6, 6.07) is 7.63. The van der Waals surface area contributed by atoms with Gasteiger partial charge in [0, 0.05) is 31.9 Å². The lowest BCUT2D eigenvalue weighted by Gasteiger charge is -2.29. The molecule has 0 aliphatic heterocycles. The molecule has 112 valence electrons. The summed E-state index contributed by atoms with van der Waals surface area (Å²) < 4.78 is 0. The molecule has 4 nitrogen and oxygen atoms in total. The fourth-order valence-electron chi connectivity index (χ4n) is 2.30. The van der Waals surface area contributed by atoms with Gasteiger partial charge in [0.1, 0.15) is 0 Å². The lowest BCUT2D eigenvalue weighted by atomic mass is 9.95. The third-order valence-corrected chi connectivity index (χ3v) is 3.93. The van der Waals surface area contributed by atoms with Gasteiger partial charge in [0.05, 0.1) is 5.54 Å². The van der Waals surface area contributed by atoms with Crippen LogP contribution in [0.25, 0.3) is 0 Å². The van der Waals surface area contributed by atoms with Crippen molar-refractivity contribution in [2.45, 2.75) is 25.3 Å². The largest absolute Gasteiger partial charge is 0.378 e. The number of nitrogens with one attached hydrogen (secondary N) is 1. The summed E-state index contributed by atoms with van der Waals surface area (Å²) in [4.78, 5) is 14.3. The molecule has 1 aliphatic carbocycles. The maximum atomic E-state index is 12.3. The molecule has 3 N–H and O–H groups in total. The van der Waals surface area contributed by atoms with Gasteiger partial charge in [-0.2, -0.15) is 0 Å². The molecule has 0 spiro atoms. The fraction of sp³-hybridized carbons (Fsp3) is 0.533. The number of carbonyl (C=O) groups excluding carboxylic acids is 1. The average molecular weight is 298 g/mol.